The minimum Gasteiger partial charge on any atom is -0.451 e. The number of benzene rings is 3. The molecule has 0 amide bonds. The number of rotatable bonds is 5. The Morgan fingerprint density at radius 1 is 0.914 bits per heavy atom. The third-order valence-electron chi connectivity index (χ3n) is 5.92. The van der Waals surface area contributed by atoms with E-state index in [-0.39, 0.29) is 16.7 Å². The summed E-state index contributed by atoms with van der Waals surface area (Å²) in [6.45, 7) is 1.25. The van der Waals surface area contributed by atoms with Gasteiger partial charge in [-0.05, 0) is 47.4 Å². The highest BCUT2D eigenvalue weighted by Crippen LogP contribution is 2.37. The lowest BCUT2D eigenvalue weighted by molar-refractivity contribution is -0.148. The van der Waals surface area contributed by atoms with Crippen molar-refractivity contribution in [2.75, 3.05) is 0 Å². The van der Waals surface area contributed by atoms with Crippen LogP contribution in [0.4, 0.5) is 13.2 Å². The second-order valence-corrected chi connectivity index (χ2v) is 8.31. The van der Waals surface area contributed by atoms with Gasteiger partial charge in [-0.15, -0.1) is 0 Å². The van der Waals surface area contributed by atoms with E-state index in [2.05, 4.69) is 0 Å². The van der Waals surface area contributed by atoms with E-state index in [1.165, 1.54) is 25.1 Å². The first-order valence-electron chi connectivity index (χ1n) is 10.8. The van der Waals surface area contributed by atoms with Crippen LogP contribution in [0.15, 0.2) is 72.8 Å². The number of carbonyl (C=O) groups is 1. The van der Waals surface area contributed by atoms with Gasteiger partial charge < -0.3 is 24.8 Å². The van der Waals surface area contributed by atoms with Gasteiger partial charge in [0.15, 0.2) is 12.4 Å². The molecule has 3 aromatic carbocycles. The van der Waals surface area contributed by atoms with Crippen LogP contribution in [0.1, 0.15) is 33.2 Å². The highest BCUT2D eigenvalue weighted by atomic mass is 19.4. The third kappa shape index (κ3) is 5.23. The van der Waals surface area contributed by atoms with Crippen LogP contribution in [0.25, 0.3) is 11.1 Å². The number of hydrogen-bond donors (Lipinski definition) is 3. The van der Waals surface area contributed by atoms with Crippen molar-refractivity contribution in [2.24, 2.45) is 0 Å². The van der Waals surface area contributed by atoms with Crippen LogP contribution in [-0.4, -0.2) is 45.9 Å². The summed E-state index contributed by atoms with van der Waals surface area (Å²) in [6, 6.07) is 19.1. The predicted octanol–water partition coefficient (Wildman–Crippen LogP) is 4.02. The number of hydrogen-bond acceptors (Lipinski definition) is 6. The number of esters is 1. The predicted molar refractivity (Wildman–Crippen MR) is 119 cm³/mol. The summed E-state index contributed by atoms with van der Waals surface area (Å²) in [5, 5.41) is 30.1. The molecule has 1 unspecified atom stereocenters. The Kier molecular flexibility index (Phi) is 6.95. The maximum Gasteiger partial charge on any atom is 0.416 e. The molecule has 1 fully saturated rings. The summed E-state index contributed by atoms with van der Waals surface area (Å²) >= 11 is 0. The molecule has 3 N–H and O–H groups in total. The Labute approximate surface area is 199 Å². The van der Waals surface area contributed by atoms with E-state index in [0.29, 0.717) is 0 Å². The number of alkyl halides is 3. The summed E-state index contributed by atoms with van der Waals surface area (Å²) < 4.78 is 50.4. The molecule has 0 aliphatic carbocycles. The first kappa shape index (κ1) is 24.9. The molecule has 5 atom stereocenters. The van der Waals surface area contributed by atoms with Crippen molar-refractivity contribution >= 4 is 5.97 Å². The Bertz CT molecular complexity index is 1180. The lowest BCUT2D eigenvalue weighted by Crippen LogP contribution is -2.37. The van der Waals surface area contributed by atoms with Crippen molar-refractivity contribution in [1.82, 2.24) is 0 Å². The number of aryl methyl sites for hydroxylation is 1. The summed E-state index contributed by atoms with van der Waals surface area (Å²) in [6.07, 6.45) is -12.5. The van der Waals surface area contributed by atoms with Crippen LogP contribution < -0.4 is 0 Å². The molecular formula is C26H23F3O6. The minimum absolute atomic E-state index is 0.107. The Hall–Kier alpha value is -3.24. The zero-order valence-electron chi connectivity index (χ0n) is 18.5. The fraction of sp³-hybridized carbons (Fsp3) is 0.269. The molecule has 9 heteroatoms. The number of aliphatic hydroxyl groups is 3. The maximum absolute atomic E-state index is 13.2. The standard InChI is InChI=1S/C26H23F3O6/c1-14-13-18(11-12-19(14)26(27,28)29)22(23-20(30)21(31)25(33)35-23)34-24(32)17-9-7-16(8-10-17)15-5-3-2-4-6-15/h2-13,20-23,25,30-31,33H,1H3/t20-,21+,22+,23-,25?/m0/s1. The normalized spacial score (nSPS) is 23.2. The molecule has 1 aliphatic rings. The molecule has 0 bridgehead atoms. The van der Waals surface area contributed by atoms with E-state index >= 15 is 0 Å². The average Bonchev–Trinajstić information content (AvgIpc) is 3.09. The number of ether oxygens (including phenoxy) is 2. The van der Waals surface area contributed by atoms with Gasteiger partial charge in [-0.3, -0.25) is 0 Å². The number of halogens is 3. The highest BCUT2D eigenvalue weighted by Gasteiger charge is 2.48. The summed E-state index contributed by atoms with van der Waals surface area (Å²) in [4.78, 5) is 12.9. The van der Waals surface area contributed by atoms with Crippen LogP contribution in [0.5, 0.6) is 0 Å². The maximum atomic E-state index is 13.2. The molecule has 184 valence electrons. The Morgan fingerprint density at radius 3 is 2.09 bits per heavy atom. The zero-order valence-corrected chi connectivity index (χ0v) is 18.5. The highest BCUT2D eigenvalue weighted by molar-refractivity contribution is 5.90. The van der Waals surface area contributed by atoms with Gasteiger partial charge in [-0.2, -0.15) is 13.2 Å². The molecule has 4 rings (SSSR count). The second kappa shape index (κ2) is 9.79. The molecule has 0 saturated carbocycles. The Morgan fingerprint density at radius 2 is 1.54 bits per heavy atom. The van der Waals surface area contributed by atoms with Crippen LogP contribution in [0.2, 0.25) is 0 Å². The molecule has 0 spiro atoms. The van der Waals surface area contributed by atoms with Crippen LogP contribution >= 0.6 is 0 Å². The molecule has 1 heterocycles. The van der Waals surface area contributed by atoms with Crippen molar-refractivity contribution in [1.29, 1.82) is 0 Å². The van der Waals surface area contributed by atoms with Crippen molar-refractivity contribution in [3.63, 3.8) is 0 Å². The first-order chi connectivity index (χ1) is 16.6. The van der Waals surface area contributed by atoms with Gasteiger partial charge in [0, 0.05) is 0 Å². The van der Waals surface area contributed by atoms with Gasteiger partial charge >= 0.3 is 12.1 Å². The number of carbonyl (C=O) groups excluding carboxylic acids is 1. The fourth-order valence-electron chi connectivity index (χ4n) is 4.05. The summed E-state index contributed by atoms with van der Waals surface area (Å²) in [5.41, 5.74) is 1.07. The van der Waals surface area contributed by atoms with Crippen molar-refractivity contribution in [2.45, 2.75) is 43.8 Å². The number of aliphatic hydroxyl groups excluding tert-OH is 3. The van der Waals surface area contributed by atoms with Crippen LogP contribution in [0, 0.1) is 6.92 Å². The molecule has 35 heavy (non-hydrogen) atoms. The quantitative estimate of drug-likeness (QED) is 0.470. The lowest BCUT2D eigenvalue weighted by atomic mass is 9.95. The zero-order chi connectivity index (χ0) is 25.3. The van der Waals surface area contributed by atoms with Crippen molar-refractivity contribution < 1.29 is 42.8 Å². The van der Waals surface area contributed by atoms with Crippen molar-refractivity contribution in [3.8, 4) is 11.1 Å². The molecular weight excluding hydrogens is 465 g/mol. The topological polar surface area (TPSA) is 96.2 Å². The monoisotopic (exact) mass is 488 g/mol. The third-order valence-corrected chi connectivity index (χ3v) is 5.92. The van der Waals surface area contributed by atoms with E-state index in [1.54, 1.807) is 12.1 Å². The van der Waals surface area contributed by atoms with Gasteiger partial charge in [0.25, 0.3) is 0 Å². The van der Waals surface area contributed by atoms with Crippen molar-refractivity contribution in [3.05, 3.63) is 95.1 Å². The van der Waals surface area contributed by atoms with Gasteiger partial charge in [0.2, 0.25) is 0 Å². The second-order valence-electron chi connectivity index (χ2n) is 8.31. The average molecular weight is 488 g/mol. The van der Waals surface area contributed by atoms with E-state index in [1.807, 2.05) is 30.3 Å². The van der Waals surface area contributed by atoms with Gasteiger partial charge in [-0.1, -0.05) is 54.6 Å². The molecule has 3 aromatic rings. The lowest BCUT2D eigenvalue weighted by Gasteiger charge is -2.26. The largest absolute Gasteiger partial charge is 0.451 e. The molecule has 0 radical (unpaired) electrons. The fourth-order valence-corrected chi connectivity index (χ4v) is 4.05. The first-order valence-corrected chi connectivity index (χ1v) is 10.8. The SMILES string of the molecule is Cc1cc([C@@H](OC(=O)c2ccc(-c3ccccc3)cc2)[C@H]2OC(O)[C@H](O)[C@@H]2O)ccc1C(F)(F)F. The smallest absolute Gasteiger partial charge is 0.416 e. The van der Waals surface area contributed by atoms with Gasteiger partial charge in [-0.25, -0.2) is 4.79 Å². The van der Waals surface area contributed by atoms with Gasteiger partial charge in [0.1, 0.15) is 18.3 Å². The molecule has 6 nitrogen and oxygen atoms in total. The van der Waals surface area contributed by atoms with E-state index in [4.69, 9.17) is 9.47 Å². The summed E-state index contributed by atoms with van der Waals surface area (Å²) in [5.74, 6) is -0.821. The summed E-state index contributed by atoms with van der Waals surface area (Å²) in [7, 11) is 0. The minimum atomic E-state index is -4.58. The Balaban J connectivity index is 1.63. The molecule has 1 saturated heterocycles. The van der Waals surface area contributed by atoms with E-state index in [0.717, 1.165) is 23.3 Å². The van der Waals surface area contributed by atoms with Gasteiger partial charge in [0.05, 0.1) is 11.1 Å². The van der Waals surface area contributed by atoms with E-state index < -0.39 is 48.4 Å². The molecule has 0 aromatic heterocycles. The van der Waals surface area contributed by atoms with Crippen LogP contribution in [-0.2, 0) is 15.7 Å². The molecule has 1 aliphatic heterocycles. The van der Waals surface area contributed by atoms with E-state index in [9.17, 15) is 33.3 Å². The van der Waals surface area contributed by atoms with Crippen LogP contribution in [0.3, 0.4) is 0 Å².